The van der Waals surface area contributed by atoms with Crippen LogP contribution in [0.5, 0.6) is 5.75 Å². The normalized spacial score (nSPS) is 23.3. The molecule has 0 aliphatic carbocycles. The molecule has 10 heteroatoms. The number of aryl methyl sites for hydroxylation is 1. The highest BCUT2D eigenvalue weighted by Gasteiger charge is 2.61. The quantitative estimate of drug-likeness (QED) is 0.0953. The molecule has 10 nitrogen and oxygen atoms in total. The van der Waals surface area contributed by atoms with Gasteiger partial charge < -0.3 is 28.6 Å². The van der Waals surface area contributed by atoms with E-state index in [1.165, 1.54) is 6.92 Å². The van der Waals surface area contributed by atoms with Crippen LogP contribution in [0, 0.1) is 11.8 Å². The zero-order valence-corrected chi connectivity index (χ0v) is 31.6. The molecule has 2 amide bonds. The smallest absolute Gasteiger partial charge is 0.412 e. The Morgan fingerprint density at radius 3 is 2.31 bits per heavy atom. The van der Waals surface area contributed by atoms with E-state index >= 15 is 0 Å². The van der Waals surface area contributed by atoms with Gasteiger partial charge in [0.2, 0.25) is 5.91 Å². The number of unbranched alkanes of at least 4 members (excludes halogenated alkanes) is 1. The number of methoxy groups -OCH3 is 1. The zero-order valence-electron chi connectivity index (χ0n) is 31.6. The molecule has 3 rings (SSSR count). The number of hydrogen-bond acceptors (Lipinski definition) is 8. The van der Waals surface area contributed by atoms with Gasteiger partial charge in [-0.3, -0.25) is 14.5 Å². The predicted molar refractivity (Wildman–Crippen MR) is 186 cm³/mol. The topological polar surface area (TPSA) is 104 Å². The van der Waals surface area contributed by atoms with Gasteiger partial charge in [-0.2, -0.15) is 0 Å². The lowest BCUT2D eigenvalue weighted by atomic mass is 9.80. The van der Waals surface area contributed by atoms with Crippen molar-refractivity contribution in [3.63, 3.8) is 0 Å². The van der Waals surface area contributed by atoms with Crippen LogP contribution in [-0.4, -0.2) is 83.6 Å². The van der Waals surface area contributed by atoms with E-state index < -0.39 is 47.2 Å². The molecule has 2 aliphatic rings. The van der Waals surface area contributed by atoms with Crippen molar-refractivity contribution < 1.29 is 38.1 Å². The summed E-state index contributed by atoms with van der Waals surface area (Å²) in [4.78, 5) is 43.3. The van der Waals surface area contributed by atoms with Crippen LogP contribution in [0.1, 0.15) is 125 Å². The van der Waals surface area contributed by atoms with Crippen LogP contribution in [0.4, 0.5) is 4.79 Å². The van der Waals surface area contributed by atoms with Crippen LogP contribution in [0.2, 0.25) is 0 Å². The van der Waals surface area contributed by atoms with Gasteiger partial charge in [0.25, 0.3) is 0 Å². The molecule has 1 aromatic rings. The SMILES string of the molecule is CCCCC1(C)C(=O)N1CC1OC(C)(C)N(C(=O)OC(C)(C)C)[C@H]1C[C@@H](C(C)C)C(OC(C)=O)c1ccc(CC)c(OCCCOC)c1. The van der Waals surface area contributed by atoms with Crippen molar-refractivity contribution in [3.8, 4) is 5.75 Å². The summed E-state index contributed by atoms with van der Waals surface area (Å²) >= 11 is 0. The zero-order chi connectivity index (χ0) is 36.0. The first kappa shape index (κ1) is 39.6. The Kier molecular flexibility index (Phi) is 13.4. The summed E-state index contributed by atoms with van der Waals surface area (Å²) in [5.74, 6) is 0.315. The minimum Gasteiger partial charge on any atom is -0.493 e. The Labute approximate surface area is 289 Å². The third-order valence-electron chi connectivity index (χ3n) is 9.60. The van der Waals surface area contributed by atoms with Crippen LogP contribution in [0.25, 0.3) is 0 Å². The van der Waals surface area contributed by atoms with Crippen molar-refractivity contribution in [2.75, 3.05) is 26.9 Å². The van der Waals surface area contributed by atoms with Crippen LogP contribution in [0.3, 0.4) is 0 Å². The summed E-state index contributed by atoms with van der Waals surface area (Å²) in [7, 11) is 1.67. The summed E-state index contributed by atoms with van der Waals surface area (Å²) in [6, 6.07) is 5.58. The van der Waals surface area contributed by atoms with E-state index in [4.69, 9.17) is 23.7 Å². The molecule has 48 heavy (non-hydrogen) atoms. The average molecular weight is 675 g/mol. The number of ether oxygens (including phenoxy) is 5. The second-order valence-corrected chi connectivity index (χ2v) is 15.4. The second-order valence-electron chi connectivity index (χ2n) is 15.4. The highest BCUT2D eigenvalue weighted by atomic mass is 16.6. The van der Waals surface area contributed by atoms with E-state index in [1.807, 2.05) is 64.6 Å². The van der Waals surface area contributed by atoms with Crippen LogP contribution in [-0.2, 0) is 35.0 Å². The maximum atomic E-state index is 13.9. The van der Waals surface area contributed by atoms with Crippen molar-refractivity contribution in [1.82, 2.24) is 9.80 Å². The maximum absolute atomic E-state index is 13.9. The van der Waals surface area contributed by atoms with Crippen molar-refractivity contribution >= 4 is 18.0 Å². The van der Waals surface area contributed by atoms with E-state index in [0.29, 0.717) is 26.2 Å². The first-order chi connectivity index (χ1) is 22.4. The summed E-state index contributed by atoms with van der Waals surface area (Å²) < 4.78 is 30.1. The van der Waals surface area contributed by atoms with Crippen LogP contribution < -0.4 is 4.74 Å². The summed E-state index contributed by atoms with van der Waals surface area (Å²) in [6.07, 6.45) is 3.18. The number of carbonyl (C=O) groups excluding carboxylic acids is 3. The molecular formula is C38H62N2O8. The number of amides is 2. The molecule has 5 atom stereocenters. The molecule has 0 bridgehead atoms. The summed E-state index contributed by atoms with van der Waals surface area (Å²) in [5.41, 5.74) is -0.347. The lowest BCUT2D eigenvalue weighted by Crippen LogP contribution is -2.51. The molecule has 2 fully saturated rings. The van der Waals surface area contributed by atoms with Gasteiger partial charge in [0, 0.05) is 33.0 Å². The lowest BCUT2D eigenvalue weighted by Gasteiger charge is -2.38. The number of benzene rings is 1. The lowest BCUT2D eigenvalue weighted by molar-refractivity contribution is -0.151. The molecule has 0 spiro atoms. The van der Waals surface area contributed by atoms with Crippen molar-refractivity contribution in [3.05, 3.63) is 29.3 Å². The number of esters is 1. The molecule has 2 aliphatic heterocycles. The fourth-order valence-corrected chi connectivity index (χ4v) is 6.95. The largest absolute Gasteiger partial charge is 0.493 e. The van der Waals surface area contributed by atoms with Gasteiger partial charge in [0.05, 0.1) is 25.3 Å². The standard InChI is InChI=1S/C38H62N2O8/c1-13-15-19-38(11)34(42)39(38)24-32-30(40(37(9,10)47-32)35(43)48-36(6,7)8)23-29(25(3)4)33(46-26(5)41)28-18-17-27(14-2)31(22-28)45-21-16-20-44-12/h17-18,22,25,29-30,32-33H,13-16,19-21,23-24H2,1-12H3/t29-,30-,32?,33?,38?,39?/m0/s1. The number of hydrogen-bond donors (Lipinski definition) is 0. The Balaban J connectivity index is 2.05. The highest BCUT2D eigenvalue weighted by Crippen LogP contribution is 2.46. The molecule has 1 aromatic carbocycles. The fourth-order valence-electron chi connectivity index (χ4n) is 6.95. The highest BCUT2D eigenvalue weighted by molar-refractivity contribution is 6.01. The molecule has 2 saturated heterocycles. The van der Waals surface area contributed by atoms with Crippen molar-refractivity contribution in [2.45, 2.75) is 150 Å². The minimum absolute atomic E-state index is 0.0498. The third-order valence-corrected chi connectivity index (χ3v) is 9.60. The van der Waals surface area contributed by atoms with Crippen molar-refractivity contribution in [1.29, 1.82) is 0 Å². The third kappa shape index (κ3) is 9.65. The summed E-state index contributed by atoms with van der Waals surface area (Å²) in [6.45, 7) is 22.6. The first-order valence-corrected chi connectivity index (χ1v) is 17.8. The maximum Gasteiger partial charge on any atom is 0.412 e. The molecule has 0 N–H and O–H groups in total. The van der Waals surface area contributed by atoms with Crippen molar-refractivity contribution in [2.24, 2.45) is 11.8 Å². The first-order valence-electron chi connectivity index (χ1n) is 17.8. The van der Waals surface area contributed by atoms with Crippen LogP contribution >= 0.6 is 0 Å². The molecule has 0 radical (unpaired) electrons. The Morgan fingerprint density at radius 1 is 1.06 bits per heavy atom. The van der Waals surface area contributed by atoms with E-state index in [2.05, 4.69) is 27.7 Å². The minimum atomic E-state index is -0.999. The number of carbonyl (C=O) groups is 3. The van der Waals surface area contributed by atoms with E-state index in [0.717, 1.165) is 49.0 Å². The van der Waals surface area contributed by atoms with Gasteiger partial charge in [-0.05, 0) is 83.9 Å². The van der Waals surface area contributed by atoms with Gasteiger partial charge in [-0.15, -0.1) is 0 Å². The molecule has 3 unspecified atom stereocenters. The molecule has 2 heterocycles. The fraction of sp³-hybridized carbons (Fsp3) is 0.763. The molecule has 272 valence electrons. The molecular weight excluding hydrogens is 612 g/mol. The second kappa shape index (κ2) is 16.2. The Morgan fingerprint density at radius 2 is 1.75 bits per heavy atom. The Bertz CT molecular complexity index is 1260. The van der Waals surface area contributed by atoms with E-state index in [1.54, 1.807) is 12.0 Å². The van der Waals surface area contributed by atoms with Gasteiger partial charge in [-0.1, -0.05) is 52.7 Å². The van der Waals surface area contributed by atoms with E-state index in [-0.39, 0.29) is 17.7 Å². The van der Waals surface area contributed by atoms with Gasteiger partial charge >= 0.3 is 12.1 Å². The average Bonchev–Trinajstić information content (AvgIpc) is 3.36. The molecule has 0 aromatic heterocycles. The monoisotopic (exact) mass is 674 g/mol. The predicted octanol–water partition coefficient (Wildman–Crippen LogP) is 7.46. The molecule has 0 saturated carbocycles. The van der Waals surface area contributed by atoms with E-state index in [9.17, 15) is 14.4 Å². The van der Waals surface area contributed by atoms with Crippen LogP contribution in [0.15, 0.2) is 18.2 Å². The Hall–Kier alpha value is -2.85. The van der Waals surface area contributed by atoms with Gasteiger partial charge in [0.1, 0.15) is 28.7 Å². The van der Waals surface area contributed by atoms with Gasteiger partial charge in [0.15, 0.2) is 0 Å². The summed E-state index contributed by atoms with van der Waals surface area (Å²) in [5, 5.41) is 0. The number of rotatable bonds is 17. The number of nitrogens with zero attached hydrogens (tertiary/aromatic N) is 2. The van der Waals surface area contributed by atoms with Gasteiger partial charge in [-0.25, -0.2) is 4.79 Å².